The van der Waals surface area contributed by atoms with Crippen LogP contribution < -0.4 is 0 Å². The van der Waals surface area contributed by atoms with Crippen LogP contribution >= 0.6 is 11.8 Å². The fraction of sp³-hybridized carbons (Fsp3) is 0.250. The zero-order valence-electron chi connectivity index (χ0n) is 3.53. The van der Waals surface area contributed by atoms with Gasteiger partial charge in [0.2, 0.25) is 5.44 Å². The first-order valence-corrected chi connectivity index (χ1v) is 2.79. The highest BCUT2D eigenvalue weighted by Crippen LogP contribution is 2.18. The molecule has 0 spiro atoms. The van der Waals surface area contributed by atoms with Crippen molar-refractivity contribution >= 4 is 18.0 Å². The molecule has 1 aliphatic heterocycles. The highest BCUT2D eigenvalue weighted by atomic mass is 32.2. The fourth-order valence-electron chi connectivity index (χ4n) is 0.315. The van der Waals surface area contributed by atoms with Crippen molar-refractivity contribution in [3.8, 4) is 0 Å². The molecule has 0 saturated heterocycles. The number of ether oxygens (including phenoxy) is 1. The summed E-state index contributed by atoms with van der Waals surface area (Å²) in [6.45, 7) is 0. The smallest absolute Gasteiger partial charge is 0.202 e. The second-order valence-electron chi connectivity index (χ2n) is 1.05. The molecule has 0 aromatic heterocycles. The Kier molecular flexibility index (Phi) is 1.36. The lowest BCUT2D eigenvalue weighted by Crippen LogP contribution is -1.99. The van der Waals surface area contributed by atoms with Crippen LogP contribution in [-0.4, -0.2) is 11.7 Å². The zero-order chi connectivity index (χ0) is 5.11. The maximum Gasteiger partial charge on any atom is 0.202 e. The summed E-state index contributed by atoms with van der Waals surface area (Å²) in [5.74, 6) is 0. The summed E-state index contributed by atoms with van der Waals surface area (Å²) in [5.41, 5.74) is -0.278. The zero-order valence-corrected chi connectivity index (χ0v) is 4.35. The molecule has 0 N–H and O–H groups in total. The Morgan fingerprint density at radius 3 is 3.00 bits per heavy atom. The van der Waals surface area contributed by atoms with Crippen LogP contribution in [0.4, 0.5) is 0 Å². The number of hydrogen-bond acceptors (Lipinski definition) is 3. The normalized spacial score (nSPS) is 27.1. The van der Waals surface area contributed by atoms with E-state index in [0.29, 0.717) is 0 Å². The van der Waals surface area contributed by atoms with E-state index in [0.717, 1.165) is 6.29 Å². The minimum Gasteiger partial charge on any atom is -0.479 e. The van der Waals surface area contributed by atoms with E-state index in [1.54, 1.807) is 5.41 Å². The van der Waals surface area contributed by atoms with Gasteiger partial charge in [-0.2, -0.15) is 0 Å². The Morgan fingerprint density at radius 1 is 1.86 bits per heavy atom. The number of carbonyl (C=O) groups is 1. The molecule has 0 aliphatic carbocycles. The van der Waals surface area contributed by atoms with Crippen LogP contribution in [0.1, 0.15) is 0 Å². The third-order valence-corrected chi connectivity index (χ3v) is 1.35. The van der Waals surface area contributed by atoms with Gasteiger partial charge in [0, 0.05) is 5.41 Å². The maximum atomic E-state index is 9.82. The SMILES string of the molecule is O=CC1OC=CS1. The Hall–Kier alpha value is -0.440. The van der Waals surface area contributed by atoms with Crippen molar-refractivity contribution in [1.29, 1.82) is 0 Å². The molecule has 0 bridgehead atoms. The summed E-state index contributed by atoms with van der Waals surface area (Å²) in [4.78, 5) is 9.82. The van der Waals surface area contributed by atoms with E-state index in [1.807, 2.05) is 0 Å². The van der Waals surface area contributed by atoms with Gasteiger partial charge in [-0.3, -0.25) is 4.79 Å². The monoisotopic (exact) mass is 116 g/mol. The Labute approximate surface area is 45.5 Å². The lowest BCUT2D eigenvalue weighted by Gasteiger charge is -1.94. The minimum atomic E-state index is -0.278. The Bertz CT molecular complexity index is 91.9. The maximum absolute atomic E-state index is 9.82. The molecule has 3 heteroatoms. The predicted molar refractivity (Wildman–Crippen MR) is 27.7 cm³/mol. The van der Waals surface area contributed by atoms with E-state index in [9.17, 15) is 4.79 Å². The fourth-order valence-corrected chi connectivity index (χ4v) is 0.791. The number of aldehydes is 1. The van der Waals surface area contributed by atoms with Gasteiger partial charge in [0.15, 0.2) is 6.29 Å². The molecule has 0 amide bonds. The molecule has 1 unspecified atom stereocenters. The van der Waals surface area contributed by atoms with Gasteiger partial charge in [0.1, 0.15) is 0 Å². The van der Waals surface area contributed by atoms with Crippen molar-refractivity contribution in [3.63, 3.8) is 0 Å². The first-order chi connectivity index (χ1) is 3.43. The van der Waals surface area contributed by atoms with E-state index in [1.165, 1.54) is 18.0 Å². The molecule has 7 heavy (non-hydrogen) atoms. The molecule has 0 aromatic carbocycles. The predicted octanol–water partition coefficient (Wildman–Crippen LogP) is 0.746. The summed E-state index contributed by atoms with van der Waals surface area (Å²) in [7, 11) is 0. The summed E-state index contributed by atoms with van der Waals surface area (Å²) in [5, 5.41) is 1.75. The molecule has 0 aromatic rings. The first-order valence-electron chi connectivity index (χ1n) is 1.85. The highest BCUT2D eigenvalue weighted by molar-refractivity contribution is 8.03. The average molecular weight is 116 g/mol. The molecule has 0 fully saturated rings. The highest BCUT2D eigenvalue weighted by Gasteiger charge is 2.07. The van der Waals surface area contributed by atoms with Crippen molar-refractivity contribution in [1.82, 2.24) is 0 Å². The van der Waals surface area contributed by atoms with E-state index in [4.69, 9.17) is 4.74 Å². The van der Waals surface area contributed by atoms with Crippen LogP contribution in [0.2, 0.25) is 0 Å². The van der Waals surface area contributed by atoms with Gasteiger partial charge in [0.25, 0.3) is 0 Å². The Morgan fingerprint density at radius 2 is 2.71 bits per heavy atom. The van der Waals surface area contributed by atoms with Gasteiger partial charge in [-0.1, -0.05) is 11.8 Å². The third kappa shape index (κ3) is 0.962. The molecule has 1 heterocycles. The number of hydrogen-bond donors (Lipinski definition) is 0. The average Bonchev–Trinajstić information content (AvgIpc) is 2.14. The van der Waals surface area contributed by atoms with Crippen LogP contribution in [0.25, 0.3) is 0 Å². The summed E-state index contributed by atoms with van der Waals surface area (Å²) >= 11 is 1.37. The quantitative estimate of drug-likeness (QED) is 0.473. The van der Waals surface area contributed by atoms with E-state index in [-0.39, 0.29) is 5.44 Å². The molecule has 1 rings (SSSR count). The largest absolute Gasteiger partial charge is 0.479 e. The molecule has 1 atom stereocenters. The van der Waals surface area contributed by atoms with Gasteiger partial charge in [-0.05, 0) is 0 Å². The third-order valence-electron chi connectivity index (χ3n) is 0.592. The van der Waals surface area contributed by atoms with Crippen molar-refractivity contribution in [2.24, 2.45) is 0 Å². The van der Waals surface area contributed by atoms with Crippen LogP contribution in [0.5, 0.6) is 0 Å². The van der Waals surface area contributed by atoms with Crippen molar-refractivity contribution < 1.29 is 9.53 Å². The van der Waals surface area contributed by atoms with E-state index < -0.39 is 0 Å². The molecule has 0 saturated carbocycles. The van der Waals surface area contributed by atoms with Gasteiger partial charge in [0.05, 0.1) is 6.26 Å². The lowest BCUT2D eigenvalue weighted by molar-refractivity contribution is -0.111. The molecular formula is C4H4O2S. The molecular weight excluding hydrogens is 112 g/mol. The van der Waals surface area contributed by atoms with E-state index in [2.05, 4.69) is 0 Å². The number of rotatable bonds is 1. The van der Waals surface area contributed by atoms with Crippen molar-refractivity contribution in [3.05, 3.63) is 11.7 Å². The number of carbonyl (C=O) groups excluding carboxylic acids is 1. The second-order valence-corrected chi connectivity index (χ2v) is 2.06. The van der Waals surface area contributed by atoms with Gasteiger partial charge >= 0.3 is 0 Å². The van der Waals surface area contributed by atoms with Gasteiger partial charge < -0.3 is 4.74 Å². The lowest BCUT2D eigenvalue weighted by atomic mass is 10.8. The minimum absolute atomic E-state index is 0.278. The number of thioether (sulfide) groups is 1. The molecule has 2 nitrogen and oxygen atoms in total. The van der Waals surface area contributed by atoms with Crippen LogP contribution in [-0.2, 0) is 9.53 Å². The van der Waals surface area contributed by atoms with E-state index >= 15 is 0 Å². The summed E-state index contributed by atoms with van der Waals surface area (Å²) in [6.07, 6.45) is 2.29. The Balaban J connectivity index is 2.35. The van der Waals surface area contributed by atoms with Crippen molar-refractivity contribution in [2.75, 3.05) is 0 Å². The van der Waals surface area contributed by atoms with Crippen LogP contribution in [0.15, 0.2) is 11.7 Å². The molecule has 1 aliphatic rings. The van der Waals surface area contributed by atoms with Gasteiger partial charge in [-0.25, -0.2) is 0 Å². The standard InChI is InChI=1S/C4H4O2S/c5-3-4-6-1-2-7-4/h1-4H. The van der Waals surface area contributed by atoms with Crippen LogP contribution in [0, 0.1) is 0 Å². The van der Waals surface area contributed by atoms with Gasteiger partial charge in [-0.15, -0.1) is 0 Å². The topological polar surface area (TPSA) is 26.3 Å². The van der Waals surface area contributed by atoms with Crippen LogP contribution in [0.3, 0.4) is 0 Å². The second kappa shape index (κ2) is 2.02. The first kappa shape index (κ1) is 4.71. The summed E-state index contributed by atoms with van der Waals surface area (Å²) in [6, 6.07) is 0. The molecule has 38 valence electrons. The molecule has 0 radical (unpaired) electrons. The van der Waals surface area contributed by atoms with Crippen molar-refractivity contribution in [2.45, 2.75) is 5.44 Å². The summed E-state index contributed by atoms with van der Waals surface area (Å²) < 4.78 is 4.72.